The smallest absolute Gasteiger partial charge is 0.00245 e. The summed E-state index contributed by atoms with van der Waals surface area (Å²) < 4.78 is 0. The quantitative estimate of drug-likeness (QED) is 0.602. The molecule has 82 valence electrons. The van der Waals surface area contributed by atoms with E-state index in [2.05, 4.69) is 39.3 Å². The van der Waals surface area contributed by atoms with Gasteiger partial charge < -0.3 is 4.90 Å². The van der Waals surface area contributed by atoms with Crippen molar-refractivity contribution in [3.63, 3.8) is 0 Å². The van der Waals surface area contributed by atoms with Crippen molar-refractivity contribution in [2.45, 2.75) is 47.5 Å². The molecular weight excluding hydrogens is 158 g/mol. The number of allylic oxidation sites excluding steroid dienone is 1. The largest absolute Gasteiger partial charge is 0.307 e. The molecule has 0 saturated heterocycles. The van der Waals surface area contributed by atoms with Crippen LogP contribution in [0.3, 0.4) is 0 Å². The summed E-state index contributed by atoms with van der Waals surface area (Å²) in [5, 5.41) is 0. The molecule has 0 fully saturated rings. The third-order valence-electron chi connectivity index (χ3n) is 1.43. The Hall–Kier alpha value is -0.300. The first-order chi connectivity index (χ1) is 6.22. The molecule has 0 spiro atoms. The molecule has 0 bridgehead atoms. The maximum atomic E-state index is 3.48. The molecular formula is C12H29N. The average Bonchev–Trinajstić information content (AvgIpc) is 2.21. The van der Waals surface area contributed by atoms with Crippen molar-refractivity contribution in [2.24, 2.45) is 0 Å². The van der Waals surface area contributed by atoms with Gasteiger partial charge in [0.25, 0.3) is 0 Å². The Morgan fingerprint density at radius 2 is 1.54 bits per heavy atom. The Balaban J connectivity index is -0.000000142. The van der Waals surface area contributed by atoms with Crippen molar-refractivity contribution in [3.05, 3.63) is 12.7 Å². The number of hydrogen-bond donors (Lipinski definition) is 0. The predicted molar refractivity (Wildman–Crippen MR) is 65.3 cm³/mol. The first kappa shape index (κ1) is 18.5. The Morgan fingerprint density at radius 1 is 1.15 bits per heavy atom. The topological polar surface area (TPSA) is 3.24 Å². The number of rotatable bonds is 4. The van der Waals surface area contributed by atoms with Crippen molar-refractivity contribution >= 4 is 0 Å². The fourth-order valence-electron chi connectivity index (χ4n) is 0.540. The molecule has 0 atom stereocenters. The summed E-state index contributed by atoms with van der Waals surface area (Å²) in [6, 6.07) is 0. The van der Waals surface area contributed by atoms with Crippen LogP contribution < -0.4 is 0 Å². The molecule has 0 aromatic carbocycles. The van der Waals surface area contributed by atoms with Crippen LogP contribution in [0, 0.1) is 0 Å². The van der Waals surface area contributed by atoms with Crippen molar-refractivity contribution in [3.8, 4) is 0 Å². The lowest BCUT2D eigenvalue weighted by molar-refractivity contribution is 0.353. The summed E-state index contributed by atoms with van der Waals surface area (Å²) in [6.45, 7) is 16.3. The highest BCUT2D eigenvalue weighted by atomic mass is 15.1. The predicted octanol–water partition coefficient (Wildman–Crippen LogP) is 3.96. The van der Waals surface area contributed by atoms with E-state index in [1.165, 1.54) is 19.5 Å². The molecule has 1 heteroatoms. The fraction of sp³-hybridized carbons (Fsp3) is 0.833. The van der Waals surface area contributed by atoms with E-state index in [1.54, 1.807) is 0 Å². The highest BCUT2D eigenvalue weighted by Crippen LogP contribution is 1.82. The second kappa shape index (κ2) is 22.6. The minimum absolute atomic E-state index is 1.08. The first-order valence-electron chi connectivity index (χ1n) is 5.52. The Kier molecular flexibility index (Phi) is 32.1. The lowest BCUT2D eigenvalue weighted by atomic mass is 10.4. The molecule has 0 radical (unpaired) electrons. The van der Waals surface area contributed by atoms with Crippen LogP contribution in [-0.4, -0.2) is 25.0 Å². The van der Waals surface area contributed by atoms with Crippen molar-refractivity contribution in [1.29, 1.82) is 0 Å². The van der Waals surface area contributed by atoms with Crippen LogP contribution in [0.25, 0.3) is 0 Å². The van der Waals surface area contributed by atoms with E-state index in [0.717, 1.165) is 6.42 Å². The number of nitrogens with zero attached hydrogens (tertiary/aromatic N) is 1. The Bertz CT molecular complexity index is 69.5. The molecule has 0 aliphatic carbocycles. The Labute approximate surface area is 85.8 Å². The molecule has 0 rings (SSSR count). The zero-order valence-electron chi connectivity index (χ0n) is 10.6. The fourth-order valence-corrected chi connectivity index (χ4v) is 0.540. The molecule has 0 aliphatic rings. The average molecular weight is 187 g/mol. The van der Waals surface area contributed by atoms with Gasteiger partial charge in [-0.25, -0.2) is 0 Å². The monoisotopic (exact) mass is 187 g/mol. The van der Waals surface area contributed by atoms with E-state index in [0.29, 0.717) is 0 Å². The second-order valence-corrected chi connectivity index (χ2v) is 2.59. The van der Waals surface area contributed by atoms with Crippen LogP contribution >= 0.6 is 0 Å². The maximum absolute atomic E-state index is 3.48. The van der Waals surface area contributed by atoms with E-state index in [4.69, 9.17) is 0 Å². The lowest BCUT2D eigenvalue weighted by Crippen LogP contribution is -2.17. The van der Waals surface area contributed by atoms with Gasteiger partial charge in [-0.1, -0.05) is 40.7 Å². The van der Waals surface area contributed by atoms with E-state index in [1.807, 2.05) is 19.9 Å². The van der Waals surface area contributed by atoms with Gasteiger partial charge in [0.15, 0.2) is 0 Å². The zero-order valence-corrected chi connectivity index (χ0v) is 10.6. The maximum Gasteiger partial charge on any atom is -0.00245 e. The minimum Gasteiger partial charge on any atom is -0.307 e. The van der Waals surface area contributed by atoms with Crippen molar-refractivity contribution in [2.75, 3.05) is 20.1 Å². The zero-order chi connectivity index (χ0) is 11.1. The molecule has 0 saturated carbocycles. The highest BCUT2D eigenvalue weighted by molar-refractivity contribution is 4.60. The van der Waals surface area contributed by atoms with Crippen LogP contribution in [0.1, 0.15) is 47.5 Å². The van der Waals surface area contributed by atoms with Crippen LogP contribution in [-0.2, 0) is 0 Å². The van der Waals surface area contributed by atoms with E-state index < -0.39 is 0 Å². The molecule has 0 aliphatic heterocycles. The SMILES string of the molecule is C=CCC.CC.CCCN(C)CC. The van der Waals surface area contributed by atoms with Gasteiger partial charge >= 0.3 is 0 Å². The second-order valence-electron chi connectivity index (χ2n) is 2.59. The van der Waals surface area contributed by atoms with Gasteiger partial charge in [-0.05, 0) is 33.0 Å². The normalized spacial score (nSPS) is 7.92. The van der Waals surface area contributed by atoms with Gasteiger partial charge in [-0.15, -0.1) is 6.58 Å². The minimum atomic E-state index is 1.08. The third kappa shape index (κ3) is 33.9. The van der Waals surface area contributed by atoms with E-state index in [-0.39, 0.29) is 0 Å². The van der Waals surface area contributed by atoms with Crippen molar-refractivity contribution < 1.29 is 0 Å². The molecule has 0 aromatic rings. The molecule has 0 N–H and O–H groups in total. The van der Waals surface area contributed by atoms with Crippen molar-refractivity contribution in [1.82, 2.24) is 4.90 Å². The summed E-state index contributed by atoms with van der Waals surface area (Å²) in [5.74, 6) is 0. The Morgan fingerprint density at radius 3 is 1.62 bits per heavy atom. The van der Waals surface area contributed by atoms with Gasteiger partial charge in [-0.2, -0.15) is 0 Å². The summed E-state index contributed by atoms with van der Waals surface area (Å²) in [7, 11) is 2.14. The highest BCUT2D eigenvalue weighted by Gasteiger charge is 1.86. The van der Waals surface area contributed by atoms with Crippen LogP contribution in [0.5, 0.6) is 0 Å². The molecule has 0 unspecified atom stereocenters. The first-order valence-corrected chi connectivity index (χ1v) is 5.52. The molecule has 1 nitrogen and oxygen atoms in total. The third-order valence-corrected chi connectivity index (χ3v) is 1.43. The summed E-state index contributed by atoms with van der Waals surface area (Å²) >= 11 is 0. The van der Waals surface area contributed by atoms with Gasteiger partial charge in [0.1, 0.15) is 0 Å². The van der Waals surface area contributed by atoms with E-state index >= 15 is 0 Å². The molecule has 0 amide bonds. The van der Waals surface area contributed by atoms with Crippen LogP contribution in [0.15, 0.2) is 12.7 Å². The van der Waals surface area contributed by atoms with Gasteiger partial charge in [0.2, 0.25) is 0 Å². The van der Waals surface area contributed by atoms with Gasteiger partial charge in [0.05, 0.1) is 0 Å². The lowest BCUT2D eigenvalue weighted by Gasteiger charge is -2.10. The van der Waals surface area contributed by atoms with Gasteiger partial charge in [-0.3, -0.25) is 0 Å². The molecule has 13 heavy (non-hydrogen) atoms. The van der Waals surface area contributed by atoms with E-state index in [9.17, 15) is 0 Å². The molecule has 0 heterocycles. The summed E-state index contributed by atoms with van der Waals surface area (Å²) in [5.41, 5.74) is 0. The summed E-state index contributed by atoms with van der Waals surface area (Å²) in [4.78, 5) is 2.31. The number of hydrogen-bond acceptors (Lipinski definition) is 1. The van der Waals surface area contributed by atoms with Crippen LogP contribution in [0.4, 0.5) is 0 Å². The van der Waals surface area contributed by atoms with Crippen LogP contribution in [0.2, 0.25) is 0 Å². The van der Waals surface area contributed by atoms with Gasteiger partial charge in [0, 0.05) is 0 Å². The molecule has 0 aromatic heterocycles. The standard InChI is InChI=1S/C6H15N.C4H8.C2H6/c1-4-6-7(3)5-2;1-3-4-2;1-2/h4-6H2,1-3H3;3H,1,4H2,2H3;1-2H3. The summed E-state index contributed by atoms with van der Waals surface area (Å²) in [6.07, 6.45) is 4.23.